The highest BCUT2D eigenvalue weighted by Gasteiger charge is 2.20. The van der Waals surface area contributed by atoms with Gasteiger partial charge in [0.1, 0.15) is 5.76 Å². The van der Waals surface area contributed by atoms with E-state index < -0.39 is 0 Å². The van der Waals surface area contributed by atoms with E-state index in [1.165, 1.54) is 4.90 Å². The molecule has 0 bridgehead atoms. The van der Waals surface area contributed by atoms with Gasteiger partial charge in [0, 0.05) is 12.6 Å². The van der Waals surface area contributed by atoms with Crippen LogP contribution >= 0.6 is 11.6 Å². The van der Waals surface area contributed by atoms with Crippen molar-refractivity contribution in [1.82, 2.24) is 4.90 Å². The molecule has 0 saturated carbocycles. The summed E-state index contributed by atoms with van der Waals surface area (Å²) in [5.41, 5.74) is 0.742. The normalized spacial score (nSPS) is 12.2. The van der Waals surface area contributed by atoms with Crippen molar-refractivity contribution in [2.75, 3.05) is 13.7 Å². The fourth-order valence-corrected chi connectivity index (χ4v) is 1.98. The van der Waals surface area contributed by atoms with E-state index in [-0.39, 0.29) is 24.3 Å². The number of carbonyl (C=O) groups is 1. The van der Waals surface area contributed by atoms with Crippen LogP contribution in [0.2, 0.25) is 5.02 Å². The fourth-order valence-electron chi connectivity index (χ4n) is 1.76. The third kappa shape index (κ3) is 2.86. The van der Waals surface area contributed by atoms with Crippen molar-refractivity contribution < 1.29 is 14.3 Å². The molecule has 0 fully saturated rings. The fraction of sp³-hybridized carbons (Fsp3) is 0.267. The van der Waals surface area contributed by atoms with E-state index in [1.54, 1.807) is 32.2 Å². The standard InChI is InChI=1S/C15H16ClNO3/c1-10(9-18)17(2)15(19)14-8-7-13(20-14)11-5-3-4-6-12(11)16/h3-8,10,18H,9H2,1-2H3. The summed E-state index contributed by atoms with van der Waals surface area (Å²) in [6.45, 7) is 1.66. The van der Waals surface area contributed by atoms with E-state index >= 15 is 0 Å². The van der Waals surface area contributed by atoms with E-state index in [0.717, 1.165) is 5.56 Å². The molecule has 106 valence electrons. The first kappa shape index (κ1) is 14.6. The highest BCUT2D eigenvalue weighted by molar-refractivity contribution is 6.33. The van der Waals surface area contributed by atoms with Gasteiger partial charge >= 0.3 is 0 Å². The number of benzene rings is 1. The van der Waals surface area contributed by atoms with Gasteiger partial charge in [-0.05, 0) is 31.2 Å². The lowest BCUT2D eigenvalue weighted by Gasteiger charge is -2.21. The Kier molecular flexibility index (Phi) is 4.47. The highest BCUT2D eigenvalue weighted by atomic mass is 35.5. The van der Waals surface area contributed by atoms with Gasteiger partial charge in [-0.1, -0.05) is 23.7 Å². The molecule has 0 aliphatic carbocycles. The number of hydrogen-bond donors (Lipinski definition) is 1. The van der Waals surface area contributed by atoms with E-state index in [0.29, 0.717) is 10.8 Å². The zero-order chi connectivity index (χ0) is 14.7. The van der Waals surface area contributed by atoms with Crippen LogP contribution in [0.25, 0.3) is 11.3 Å². The molecule has 2 rings (SSSR count). The smallest absolute Gasteiger partial charge is 0.289 e. The first-order valence-corrected chi connectivity index (χ1v) is 6.65. The molecule has 1 aromatic carbocycles. The summed E-state index contributed by atoms with van der Waals surface area (Å²) in [5.74, 6) is 0.497. The molecule has 1 atom stereocenters. The summed E-state index contributed by atoms with van der Waals surface area (Å²) in [6, 6.07) is 10.3. The van der Waals surface area contributed by atoms with Gasteiger partial charge in [0.15, 0.2) is 5.76 Å². The Morgan fingerprint density at radius 2 is 2.05 bits per heavy atom. The lowest BCUT2D eigenvalue weighted by Crippen LogP contribution is -2.37. The predicted molar refractivity (Wildman–Crippen MR) is 77.8 cm³/mol. The third-order valence-corrected chi connectivity index (χ3v) is 3.53. The summed E-state index contributed by atoms with van der Waals surface area (Å²) in [4.78, 5) is 13.6. The molecule has 1 unspecified atom stereocenters. The number of halogens is 1. The summed E-state index contributed by atoms with van der Waals surface area (Å²) in [6.07, 6.45) is 0. The van der Waals surface area contributed by atoms with Crippen LogP contribution in [0, 0.1) is 0 Å². The number of aliphatic hydroxyl groups is 1. The quantitative estimate of drug-likeness (QED) is 0.942. The molecule has 1 aromatic heterocycles. The number of hydrogen-bond acceptors (Lipinski definition) is 3. The van der Waals surface area contributed by atoms with Crippen molar-refractivity contribution in [2.45, 2.75) is 13.0 Å². The van der Waals surface area contributed by atoms with Crippen LogP contribution in [0.15, 0.2) is 40.8 Å². The van der Waals surface area contributed by atoms with Crippen LogP contribution in [0.1, 0.15) is 17.5 Å². The monoisotopic (exact) mass is 293 g/mol. The summed E-state index contributed by atoms with van der Waals surface area (Å²) < 4.78 is 5.57. The Hall–Kier alpha value is -1.78. The van der Waals surface area contributed by atoms with Crippen LogP contribution in [-0.2, 0) is 0 Å². The van der Waals surface area contributed by atoms with Crippen molar-refractivity contribution in [1.29, 1.82) is 0 Å². The molecule has 0 aliphatic rings. The van der Waals surface area contributed by atoms with Crippen molar-refractivity contribution in [3.05, 3.63) is 47.2 Å². The van der Waals surface area contributed by atoms with E-state index in [2.05, 4.69) is 0 Å². The molecule has 1 amide bonds. The molecule has 0 aliphatic heterocycles. The molecular weight excluding hydrogens is 278 g/mol. The second kappa shape index (κ2) is 6.11. The number of likely N-dealkylation sites (N-methyl/N-ethyl adjacent to an activating group) is 1. The van der Waals surface area contributed by atoms with Crippen LogP contribution in [-0.4, -0.2) is 35.6 Å². The minimum Gasteiger partial charge on any atom is -0.451 e. The van der Waals surface area contributed by atoms with Crippen LogP contribution in [0.3, 0.4) is 0 Å². The minimum absolute atomic E-state index is 0.0969. The number of carbonyl (C=O) groups excluding carboxylic acids is 1. The largest absolute Gasteiger partial charge is 0.451 e. The van der Waals surface area contributed by atoms with Crippen LogP contribution < -0.4 is 0 Å². The molecule has 0 radical (unpaired) electrons. The van der Waals surface area contributed by atoms with Crippen molar-refractivity contribution >= 4 is 17.5 Å². The first-order chi connectivity index (χ1) is 9.54. The van der Waals surface area contributed by atoms with Crippen molar-refractivity contribution in [3.8, 4) is 11.3 Å². The van der Waals surface area contributed by atoms with Gasteiger partial charge in [0.2, 0.25) is 0 Å². The molecule has 0 saturated heterocycles. The lowest BCUT2D eigenvalue weighted by atomic mass is 10.2. The molecule has 1 heterocycles. The molecule has 1 N–H and O–H groups in total. The lowest BCUT2D eigenvalue weighted by molar-refractivity contribution is 0.0651. The second-order valence-corrected chi connectivity index (χ2v) is 5.00. The van der Waals surface area contributed by atoms with Gasteiger partial charge in [-0.25, -0.2) is 0 Å². The zero-order valence-corrected chi connectivity index (χ0v) is 12.1. The maximum Gasteiger partial charge on any atom is 0.289 e. The van der Waals surface area contributed by atoms with Gasteiger partial charge < -0.3 is 14.4 Å². The summed E-state index contributed by atoms with van der Waals surface area (Å²) >= 11 is 6.09. The Morgan fingerprint density at radius 1 is 1.35 bits per heavy atom. The Morgan fingerprint density at radius 3 is 2.70 bits per heavy atom. The Labute approximate surface area is 122 Å². The van der Waals surface area contributed by atoms with Gasteiger partial charge in [0.05, 0.1) is 17.7 Å². The average molecular weight is 294 g/mol. The van der Waals surface area contributed by atoms with Gasteiger partial charge in [0.25, 0.3) is 5.91 Å². The van der Waals surface area contributed by atoms with Gasteiger partial charge in [-0.3, -0.25) is 4.79 Å². The predicted octanol–water partition coefficient (Wildman–Crippen LogP) is 3.05. The van der Waals surface area contributed by atoms with Gasteiger partial charge in [-0.2, -0.15) is 0 Å². The van der Waals surface area contributed by atoms with Crippen LogP contribution in [0.4, 0.5) is 0 Å². The van der Waals surface area contributed by atoms with E-state index in [1.807, 2.05) is 18.2 Å². The second-order valence-electron chi connectivity index (χ2n) is 4.59. The maximum atomic E-state index is 12.2. The maximum absolute atomic E-state index is 12.2. The molecule has 4 nitrogen and oxygen atoms in total. The number of amides is 1. The zero-order valence-electron chi connectivity index (χ0n) is 11.3. The third-order valence-electron chi connectivity index (χ3n) is 3.20. The SMILES string of the molecule is CC(CO)N(C)C(=O)c1ccc(-c2ccccc2Cl)o1. The summed E-state index contributed by atoms with van der Waals surface area (Å²) in [7, 11) is 1.63. The molecule has 20 heavy (non-hydrogen) atoms. The van der Waals surface area contributed by atoms with Crippen molar-refractivity contribution in [3.63, 3.8) is 0 Å². The first-order valence-electron chi connectivity index (χ1n) is 6.27. The summed E-state index contributed by atoms with van der Waals surface area (Å²) in [5, 5.41) is 9.65. The molecule has 5 heteroatoms. The topological polar surface area (TPSA) is 53.7 Å². The Balaban J connectivity index is 2.26. The minimum atomic E-state index is -0.273. The highest BCUT2D eigenvalue weighted by Crippen LogP contribution is 2.29. The van der Waals surface area contributed by atoms with Gasteiger partial charge in [-0.15, -0.1) is 0 Å². The number of rotatable bonds is 4. The van der Waals surface area contributed by atoms with Crippen molar-refractivity contribution in [2.24, 2.45) is 0 Å². The molecule has 2 aromatic rings. The van der Waals surface area contributed by atoms with E-state index in [9.17, 15) is 4.79 Å². The Bertz CT molecular complexity index is 609. The van der Waals surface area contributed by atoms with Crippen LogP contribution in [0.5, 0.6) is 0 Å². The molecule has 0 spiro atoms. The number of nitrogens with zero attached hydrogens (tertiary/aromatic N) is 1. The number of aliphatic hydroxyl groups excluding tert-OH is 1. The molecular formula is C15H16ClNO3. The van der Waals surface area contributed by atoms with E-state index in [4.69, 9.17) is 21.1 Å². The average Bonchev–Trinajstić information content (AvgIpc) is 2.94. The number of furan rings is 1.